The highest BCUT2D eigenvalue weighted by molar-refractivity contribution is 6.34. The minimum Gasteiger partial charge on any atom is -0.320 e. The SMILES string of the molecule is Cc1cc(C)c(/C=C(\C#N)C(=O)Nc2ccccc2Cl)c(C)c1. The quantitative estimate of drug-likeness (QED) is 0.650. The molecule has 0 fully saturated rings. The lowest BCUT2D eigenvalue weighted by atomic mass is 9.98. The molecular formula is C19H17ClN2O. The number of carbonyl (C=O) groups excluding carboxylic acids is 1. The molecule has 0 aliphatic rings. The molecule has 0 bridgehead atoms. The molecule has 4 heteroatoms. The molecule has 0 aliphatic carbocycles. The maximum Gasteiger partial charge on any atom is 0.266 e. The predicted molar refractivity (Wildman–Crippen MR) is 94.3 cm³/mol. The van der Waals surface area contributed by atoms with Crippen LogP contribution in [-0.2, 0) is 4.79 Å². The van der Waals surface area contributed by atoms with Crippen LogP contribution in [-0.4, -0.2) is 5.91 Å². The average Bonchev–Trinajstić information content (AvgIpc) is 2.48. The normalized spacial score (nSPS) is 11.0. The largest absolute Gasteiger partial charge is 0.320 e. The maximum atomic E-state index is 12.3. The van der Waals surface area contributed by atoms with Crippen LogP contribution in [0.5, 0.6) is 0 Å². The van der Waals surface area contributed by atoms with Crippen LogP contribution in [0.25, 0.3) is 6.08 Å². The van der Waals surface area contributed by atoms with Gasteiger partial charge in [0.25, 0.3) is 5.91 Å². The van der Waals surface area contributed by atoms with E-state index in [9.17, 15) is 10.1 Å². The number of hydrogen-bond donors (Lipinski definition) is 1. The van der Waals surface area contributed by atoms with Gasteiger partial charge in [-0.05, 0) is 55.7 Å². The molecule has 23 heavy (non-hydrogen) atoms. The summed E-state index contributed by atoms with van der Waals surface area (Å²) < 4.78 is 0. The number of halogens is 1. The van der Waals surface area contributed by atoms with Crippen molar-refractivity contribution in [3.8, 4) is 6.07 Å². The van der Waals surface area contributed by atoms with E-state index < -0.39 is 5.91 Å². The van der Waals surface area contributed by atoms with Gasteiger partial charge >= 0.3 is 0 Å². The number of carbonyl (C=O) groups is 1. The third-order valence-corrected chi connectivity index (χ3v) is 3.84. The summed E-state index contributed by atoms with van der Waals surface area (Å²) in [5.74, 6) is -0.472. The molecule has 0 saturated carbocycles. The van der Waals surface area contributed by atoms with Gasteiger partial charge in [0.1, 0.15) is 11.6 Å². The summed E-state index contributed by atoms with van der Waals surface area (Å²) in [4.78, 5) is 12.3. The third kappa shape index (κ3) is 4.00. The highest BCUT2D eigenvalue weighted by atomic mass is 35.5. The van der Waals surface area contributed by atoms with Crippen LogP contribution in [0.2, 0.25) is 5.02 Å². The van der Waals surface area contributed by atoms with Gasteiger partial charge in [-0.3, -0.25) is 4.79 Å². The van der Waals surface area contributed by atoms with E-state index in [4.69, 9.17) is 11.6 Å². The zero-order valence-electron chi connectivity index (χ0n) is 13.3. The smallest absolute Gasteiger partial charge is 0.266 e. The van der Waals surface area contributed by atoms with Crippen molar-refractivity contribution < 1.29 is 4.79 Å². The number of nitriles is 1. The van der Waals surface area contributed by atoms with Gasteiger partial charge in [-0.2, -0.15) is 5.26 Å². The van der Waals surface area contributed by atoms with Crippen LogP contribution in [0.1, 0.15) is 22.3 Å². The number of rotatable bonds is 3. The number of nitrogens with one attached hydrogen (secondary N) is 1. The van der Waals surface area contributed by atoms with Crippen LogP contribution >= 0.6 is 11.6 Å². The van der Waals surface area contributed by atoms with Crippen molar-refractivity contribution in [3.63, 3.8) is 0 Å². The number of para-hydroxylation sites is 1. The van der Waals surface area contributed by atoms with Crippen molar-refractivity contribution in [3.05, 3.63) is 69.2 Å². The van der Waals surface area contributed by atoms with Gasteiger partial charge < -0.3 is 5.32 Å². The van der Waals surface area contributed by atoms with E-state index >= 15 is 0 Å². The molecular weight excluding hydrogens is 308 g/mol. The molecule has 2 aromatic carbocycles. The fourth-order valence-corrected chi connectivity index (χ4v) is 2.65. The molecule has 1 N–H and O–H groups in total. The number of amides is 1. The van der Waals surface area contributed by atoms with E-state index in [-0.39, 0.29) is 5.57 Å². The van der Waals surface area contributed by atoms with Gasteiger partial charge in [0.15, 0.2) is 0 Å². The lowest BCUT2D eigenvalue weighted by Crippen LogP contribution is -2.13. The second-order valence-corrected chi connectivity index (χ2v) is 5.82. The minimum atomic E-state index is -0.472. The van der Waals surface area contributed by atoms with Gasteiger partial charge in [-0.1, -0.05) is 41.4 Å². The number of anilines is 1. The van der Waals surface area contributed by atoms with E-state index in [2.05, 4.69) is 5.32 Å². The van der Waals surface area contributed by atoms with Crippen LogP contribution < -0.4 is 5.32 Å². The molecule has 2 rings (SSSR count). The van der Waals surface area contributed by atoms with Crippen molar-refractivity contribution >= 4 is 29.3 Å². The first-order valence-electron chi connectivity index (χ1n) is 7.18. The second-order valence-electron chi connectivity index (χ2n) is 5.42. The Labute approximate surface area is 141 Å². The molecule has 0 aliphatic heterocycles. The lowest BCUT2D eigenvalue weighted by molar-refractivity contribution is -0.112. The average molecular weight is 325 g/mol. The zero-order chi connectivity index (χ0) is 17.0. The molecule has 1 amide bonds. The molecule has 0 aromatic heterocycles. The first-order valence-corrected chi connectivity index (χ1v) is 7.55. The summed E-state index contributed by atoms with van der Waals surface area (Å²) in [5, 5.41) is 12.4. The molecule has 0 spiro atoms. The van der Waals surface area contributed by atoms with E-state index in [1.807, 2.05) is 39.0 Å². The van der Waals surface area contributed by atoms with Gasteiger partial charge in [0.05, 0.1) is 10.7 Å². The summed E-state index contributed by atoms with van der Waals surface area (Å²) in [6, 6.07) is 12.9. The molecule has 116 valence electrons. The highest BCUT2D eigenvalue weighted by Crippen LogP contribution is 2.23. The highest BCUT2D eigenvalue weighted by Gasteiger charge is 2.12. The fourth-order valence-electron chi connectivity index (χ4n) is 2.46. The van der Waals surface area contributed by atoms with Crippen molar-refractivity contribution in [2.75, 3.05) is 5.32 Å². The van der Waals surface area contributed by atoms with Crippen LogP contribution in [0.3, 0.4) is 0 Å². The number of hydrogen-bond acceptors (Lipinski definition) is 2. The summed E-state index contributed by atoms with van der Waals surface area (Å²) in [6.45, 7) is 5.95. The molecule has 0 atom stereocenters. The Morgan fingerprint density at radius 3 is 2.35 bits per heavy atom. The molecule has 3 nitrogen and oxygen atoms in total. The molecule has 0 heterocycles. The summed E-state index contributed by atoms with van der Waals surface area (Å²) in [6.07, 6.45) is 1.62. The van der Waals surface area contributed by atoms with Gasteiger partial charge in [-0.25, -0.2) is 0 Å². The molecule has 0 radical (unpaired) electrons. The number of aryl methyl sites for hydroxylation is 3. The van der Waals surface area contributed by atoms with Gasteiger partial charge in [0, 0.05) is 0 Å². The molecule has 0 saturated heterocycles. The first-order chi connectivity index (χ1) is 10.9. The first kappa shape index (κ1) is 16.8. The third-order valence-electron chi connectivity index (χ3n) is 3.51. The van der Waals surface area contributed by atoms with Gasteiger partial charge in [0.2, 0.25) is 0 Å². The Kier molecular flexibility index (Phi) is 5.20. The molecule has 2 aromatic rings. The Morgan fingerprint density at radius 1 is 1.17 bits per heavy atom. The second kappa shape index (κ2) is 7.13. The van der Waals surface area contributed by atoms with E-state index in [0.29, 0.717) is 10.7 Å². The topological polar surface area (TPSA) is 52.9 Å². The summed E-state index contributed by atoms with van der Waals surface area (Å²) in [7, 11) is 0. The lowest BCUT2D eigenvalue weighted by Gasteiger charge is -2.09. The Hall–Kier alpha value is -2.57. The monoisotopic (exact) mass is 324 g/mol. The number of benzene rings is 2. The standard InChI is InChI=1S/C19H17ClN2O/c1-12-8-13(2)16(14(3)9-12)10-15(11-21)19(23)22-18-7-5-4-6-17(18)20/h4-10H,1-3H3,(H,22,23)/b15-10+. The fraction of sp³-hybridized carbons (Fsp3) is 0.158. The Balaban J connectivity index is 2.35. The van der Waals surface area contributed by atoms with E-state index in [1.165, 1.54) is 0 Å². The Morgan fingerprint density at radius 2 is 1.78 bits per heavy atom. The van der Waals surface area contributed by atoms with E-state index in [1.54, 1.807) is 30.3 Å². The van der Waals surface area contributed by atoms with Crippen molar-refractivity contribution in [1.29, 1.82) is 5.26 Å². The Bertz CT molecular complexity index is 808. The van der Waals surface area contributed by atoms with E-state index in [0.717, 1.165) is 22.3 Å². The summed E-state index contributed by atoms with van der Waals surface area (Å²) >= 11 is 6.03. The summed E-state index contributed by atoms with van der Waals surface area (Å²) in [5.41, 5.74) is 4.62. The van der Waals surface area contributed by atoms with Crippen molar-refractivity contribution in [1.82, 2.24) is 0 Å². The van der Waals surface area contributed by atoms with Crippen molar-refractivity contribution in [2.24, 2.45) is 0 Å². The molecule has 0 unspecified atom stereocenters. The predicted octanol–water partition coefficient (Wildman–Crippen LogP) is 4.81. The minimum absolute atomic E-state index is 0.0416. The van der Waals surface area contributed by atoms with Crippen LogP contribution in [0, 0.1) is 32.1 Å². The van der Waals surface area contributed by atoms with Crippen LogP contribution in [0.15, 0.2) is 42.0 Å². The van der Waals surface area contributed by atoms with Crippen molar-refractivity contribution in [2.45, 2.75) is 20.8 Å². The van der Waals surface area contributed by atoms with Gasteiger partial charge in [-0.15, -0.1) is 0 Å². The van der Waals surface area contributed by atoms with Crippen LogP contribution in [0.4, 0.5) is 5.69 Å². The maximum absolute atomic E-state index is 12.3. The number of nitrogens with zero attached hydrogens (tertiary/aromatic N) is 1. The zero-order valence-corrected chi connectivity index (χ0v) is 14.0.